The minimum atomic E-state index is -0.274. The Kier molecular flexibility index (Phi) is 9.15. The number of amides is 1. The van der Waals surface area contributed by atoms with E-state index in [0.717, 1.165) is 20.5 Å². The second-order valence-corrected chi connectivity index (χ2v) is 9.75. The molecule has 1 aromatic heterocycles. The van der Waals surface area contributed by atoms with Gasteiger partial charge in [-0.3, -0.25) is 4.79 Å². The van der Waals surface area contributed by atoms with E-state index < -0.39 is 0 Å². The van der Waals surface area contributed by atoms with Gasteiger partial charge in [-0.2, -0.15) is 5.10 Å². The molecule has 1 N–H and O–H groups in total. The molecule has 32 heavy (non-hydrogen) atoms. The van der Waals surface area contributed by atoms with Crippen molar-refractivity contribution in [2.45, 2.75) is 25.6 Å². The van der Waals surface area contributed by atoms with Crippen LogP contribution < -0.4 is 10.2 Å². The maximum Gasteiger partial charge on any atom is 0.250 e. The molecular formula is C22H19Cl2IN4O2S. The molecule has 0 radical (unpaired) electrons. The first kappa shape index (κ1) is 24.8. The van der Waals surface area contributed by atoms with Crippen LogP contribution >= 0.6 is 57.6 Å². The quantitative estimate of drug-likeness (QED) is 0.116. The Balaban J connectivity index is 1.53. The number of ether oxygens (including phenoxy) is 1. The molecule has 0 fully saturated rings. The molecule has 2 aromatic carbocycles. The van der Waals surface area contributed by atoms with E-state index in [-0.39, 0.29) is 11.7 Å². The Hall–Kier alpha value is -1.88. The molecule has 3 rings (SSSR count). The zero-order chi connectivity index (χ0) is 23.1. The monoisotopic (exact) mass is 600 g/mol. The van der Waals surface area contributed by atoms with Crippen LogP contribution in [0.3, 0.4) is 0 Å². The third kappa shape index (κ3) is 7.61. The summed E-state index contributed by atoms with van der Waals surface area (Å²) in [5, 5.41) is 5.24. The number of rotatable bonds is 8. The number of benzene rings is 2. The van der Waals surface area contributed by atoms with Gasteiger partial charge in [0, 0.05) is 15.0 Å². The van der Waals surface area contributed by atoms with Crippen molar-refractivity contribution in [1.29, 1.82) is 0 Å². The maximum absolute atomic E-state index is 12.0. The number of hydrogen-bond acceptors (Lipinski definition) is 6. The number of nitrogens with one attached hydrogen (secondary N) is 1. The van der Waals surface area contributed by atoms with Crippen LogP contribution in [0, 0.1) is 17.4 Å². The molecule has 1 amide bonds. The molecule has 0 aliphatic carbocycles. The highest BCUT2D eigenvalue weighted by atomic mass is 127. The molecule has 0 aliphatic rings. The third-order valence-electron chi connectivity index (χ3n) is 4.01. The molecule has 0 atom stereocenters. The van der Waals surface area contributed by atoms with Crippen LogP contribution in [-0.4, -0.2) is 27.8 Å². The van der Waals surface area contributed by atoms with Gasteiger partial charge in [0.05, 0.1) is 22.0 Å². The minimum absolute atomic E-state index is 0.146. The number of carbonyl (C=O) groups is 1. The number of carbonyl (C=O) groups excluding carboxylic acids is 1. The van der Waals surface area contributed by atoms with Crippen molar-refractivity contribution < 1.29 is 9.53 Å². The van der Waals surface area contributed by atoms with Gasteiger partial charge < -0.3 is 4.74 Å². The third-order valence-corrected chi connectivity index (χ3v) is 6.14. The maximum atomic E-state index is 12.0. The van der Waals surface area contributed by atoms with Gasteiger partial charge in [-0.15, -0.1) is 0 Å². The van der Waals surface area contributed by atoms with E-state index in [4.69, 9.17) is 27.9 Å². The first-order chi connectivity index (χ1) is 15.3. The molecule has 1 heterocycles. The Morgan fingerprint density at radius 2 is 1.75 bits per heavy atom. The van der Waals surface area contributed by atoms with Crippen LogP contribution in [0.4, 0.5) is 0 Å². The zero-order valence-corrected chi connectivity index (χ0v) is 21.7. The number of hydrazone groups is 1. The summed E-state index contributed by atoms with van der Waals surface area (Å²) in [7, 11) is 0. The number of halogens is 3. The summed E-state index contributed by atoms with van der Waals surface area (Å²) in [6, 6.07) is 13.2. The summed E-state index contributed by atoms with van der Waals surface area (Å²) >= 11 is 16.2. The molecule has 0 aliphatic heterocycles. The van der Waals surface area contributed by atoms with Crippen molar-refractivity contribution in [2.24, 2.45) is 5.10 Å². The molecule has 0 unspecified atom stereocenters. The fourth-order valence-corrected chi connectivity index (χ4v) is 4.34. The first-order valence-electron chi connectivity index (χ1n) is 9.43. The largest absolute Gasteiger partial charge is 0.486 e. The highest BCUT2D eigenvalue weighted by molar-refractivity contribution is 14.1. The van der Waals surface area contributed by atoms with E-state index in [1.807, 2.05) is 44.2 Å². The standard InChI is InChI=1S/C22H19Cl2IN4O2S/c1-13-7-14(2)28-22(27-13)32-12-20(30)29-26-10-16-8-18(23)21(19(24)9-16)31-11-15-3-5-17(25)6-4-15/h3-10H,11-12H2,1-2H3,(H,29,30)/b26-10-. The predicted octanol–water partition coefficient (Wildman–Crippen LogP) is 5.83. The van der Waals surface area contributed by atoms with Crippen molar-refractivity contribution in [3.63, 3.8) is 0 Å². The number of hydrogen-bond donors (Lipinski definition) is 1. The van der Waals surface area contributed by atoms with Crippen LogP contribution in [0.5, 0.6) is 5.75 Å². The van der Waals surface area contributed by atoms with Gasteiger partial charge in [0.1, 0.15) is 6.61 Å². The number of aromatic nitrogens is 2. The van der Waals surface area contributed by atoms with E-state index in [1.54, 1.807) is 12.1 Å². The summed E-state index contributed by atoms with van der Waals surface area (Å²) in [5.41, 5.74) is 5.83. The average Bonchev–Trinajstić information content (AvgIpc) is 2.72. The Bertz CT molecular complexity index is 1100. The second-order valence-electron chi connectivity index (χ2n) is 6.74. The topological polar surface area (TPSA) is 76.5 Å². The molecular weight excluding hydrogens is 582 g/mol. The normalized spacial score (nSPS) is 11.0. The van der Waals surface area contributed by atoms with Gasteiger partial charge in [0.25, 0.3) is 5.91 Å². The molecule has 10 heteroatoms. The fourth-order valence-electron chi connectivity index (χ4n) is 2.63. The smallest absolute Gasteiger partial charge is 0.250 e. The molecule has 6 nitrogen and oxygen atoms in total. The lowest BCUT2D eigenvalue weighted by Crippen LogP contribution is -2.19. The van der Waals surface area contributed by atoms with E-state index in [0.29, 0.717) is 33.1 Å². The van der Waals surface area contributed by atoms with Gasteiger partial charge in [-0.1, -0.05) is 47.1 Å². The molecule has 166 valence electrons. The van der Waals surface area contributed by atoms with Gasteiger partial charge in [0.15, 0.2) is 10.9 Å². The SMILES string of the molecule is Cc1cc(C)nc(SCC(=O)N/N=C\c2cc(Cl)c(OCc3ccc(I)cc3)c(Cl)c2)n1. The highest BCUT2D eigenvalue weighted by Gasteiger charge is 2.10. The molecule has 0 spiro atoms. The molecule has 0 saturated carbocycles. The Labute approximate surface area is 214 Å². The van der Waals surface area contributed by atoms with Crippen LogP contribution in [0.15, 0.2) is 52.7 Å². The van der Waals surface area contributed by atoms with Crippen LogP contribution in [-0.2, 0) is 11.4 Å². The van der Waals surface area contributed by atoms with E-state index >= 15 is 0 Å². The van der Waals surface area contributed by atoms with Gasteiger partial charge in [-0.05, 0) is 77.9 Å². The van der Waals surface area contributed by atoms with E-state index in [1.165, 1.54) is 18.0 Å². The summed E-state index contributed by atoms with van der Waals surface area (Å²) in [5.74, 6) is 0.272. The summed E-state index contributed by atoms with van der Waals surface area (Å²) in [6.07, 6.45) is 1.47. The molecule has 0 bridgehead atoms. The summed E-state index contributed by atoms with van der Waals surface area (Å²) in [6.45, 7) is 4.12. The lowest BCUT2D eigenvalue weighted by Gasteiger charge is -2.11. The van der Waals surface area contributed by atoms with Crippen LogP contribution in [0.2, 0.25) is 10.0 Å². The lowest BCUT2D eigenvalue weighted by atomic mass is 10.2. The fraction of sp³-hybridized carbons (Fsp3) is 0.182. The summed E-state index contributed by atoms with van der Waals surface area (Å²) < 4.78 is 6.94. The Morgan fingerprint density at radius 3 is 2.38 bits per heavy atom. The van der Waals surface area contributed by atoms with Gasteiger partial charge in [-0.25, -0.2) is 15.4 Å². The summed E-state index contributed by atoms with van der Waals surface area (Å²) in [4.78, 5) is 20.6. The minimum Gasteiger partial charge on any atom is -0.486 e. The van der Waals surface area contributed by atoms with Gasteiger partial charge in [0.2, 0.25) is 0 Å². The molecule has 0 saturated heterocycles. The number of nitrogens with zero attached hydrogens (tertiary/aromatic N) is 3. The lowest BCUT2D eigenvalue weighted by molar-refractivity contribution is -0.118. The van der Waals surface area contributed by atoms with Crippen molar-refractivity contribution >= 4 is 69.7 Å². The van der Waals surface area contributed by atoms with Crippen molar-refractivity contribution in [2.75, 3.05) is 5.75 Å². The van der Waals surface area contributed by atoms with Crippen molar-refractivity contribution in [1.82, 2.24) is 15.4 Å². The van der Waals surface area contributed by atoms with Crippen LogP contribution in [0.25, 0.3) is 0 Å². The first-order valence-corrected chi connectivity index (χ1v) is 12.3. The second kappa shape index (κ2) is 11.8. The highest BCUT2D eigenvalue weighted by Crippen LogP contribution is 2.34. The van der Waals surface area contributed by atoms with Gasteiger partial charge >= 0.3 is 0 Å². The van der Waals surface area contributed by atoms with E-state index in [9.17, 15) is 4.79 Å². The van der Waals surface area contributed by atoms with E-state index in [2.05, 4.69) is 43.1 Å². The Morgan fingerprint density at radius 1 is 1.12 bits per heavy atom. The van der Waals surface area contributed by atoms with Crippen molar-refractivity contribution in [3.05, 3.63) is 78.6 Å². The number of thioether (sulfide) groups is 1. The predicted molar refractivity (Wildman–Crippen MR) is 138 cm³/mol. The number of aryl methyl sites for hydroxylation is 2. The van der Waals surface area contributed by atoms with Crippen molar-refractivity contribution in [3.8, 4) is 5.75 Å². The average molecular weight is 601 g/mol. The molecule has 3 aromatic rings. The zero-order valence-electron chi connectivity index (χ0n) is 17.2. The van der Waals surface area contributed by atoms with Crippen LogP contribution in [0.1, 0.15) is 22.5 Å².